The lowest BCUT2D eigenvalue weighted by atomic mass is 9.96. The van der Waals surface area contributed by atoms with E-state index < -0.39 is 0 Å². The van der Waals surface area contributed by atoms with Crippen LogP contribution in [0.4, 0.5) is 0 Å². The fourth-order valence-corrected chi connectivity index (χ4v) is 3.90. The molecule has 1 amide bonds. The van der Waals surface area contributed by atoms with Crippen molar-refractivity contribution in [3.05, 3.63) is 29.6 Å². The van der Waals surface area contributed by atoms with Crippen molar-refractivity contribution in [1.82, 2.24) is 29.4 Å². The standard InChI is InChI=1S/C17H24N6O/c1-21-11-14(10-18-21)17(24)22-8-5-6-13(12-22)16-20-19-15-7-3-2-4-9-23(15)16/h10-11,13H,2-9,12H2,1H3/t13-/m1/s1. The van der Waals surface area contributed by atoms with E-state index in [0.717, 1.165) is 50.5 Å². The summed E-state index contributed by atoms with van der Waals surface area (Å²) in [5.41, 5.74) is 0.665. The number of carbonyl (C=O) groups excluding carboxylic acids is 1. The van der Waals surface area contributed by atoms with Gasteiger partial charge in [0.25, 0.3) is 5.91 Å². The molecule has 4 rings (SSSR count). The Balaban J connectivity index is 1.53. The predicted molar refractivity (Wildman–Crippen MR) is 88.7 cm³/mol. The van der Waals surface area contributed by atoms with Crippen LogP contribution in [0.1, 0.15) is 60.0 Å². The first-order valence-corrected chi connectivity index (χ1v) is 8.92. The van der Waals surface area contributed by atoms with Gasteiger partial charge in [0, 0.05) is 45.2 Å². The number of rotatable bonds is 2. The van der Waals surface area contributed by atoms with Crippen LogP contribution in [0.15, 0.2) is 12.4 Å². The first-order chi connectivity index (χ1) is 11.7. The Kier molecular flexibility index (Phi) is 4.08. The molecule has 0 aliphatic carbocycles. The highest BCUT2D eigenvalue weighted by molar-refractivity contribution is 5.93. The molecule has 4 heterocycles. The van der Waals surface area contributed by atoms with Gasteiger partial charge in [-0.2, -0.15) is 5.10 Å². The van der Waals surface area contributed by atoms with E-state index in [4.69, 9.17) is 0 Å². The van der Waals surface area contributed by atoms with Crippen molar-refractivity contribution in [2.45, 2.75) is 51.0 Å². The summed E-state index contributed by atoms with van der Waals surface area (Å²) in [4.78, 5) is 14.6. The molecule has 7 nitrogen and oxygen atoms in total. The summed E-state index contributed by atoms with van der Waals surface area (Å²) in [7, 11) is 1.83. The summed E-state index contributed by atoms with van der Waals surface area (Å²) >= 11 is 0. The van der Waals surface area contributed by atoms with E-state index in [2.05, 4.69) is 19.9 Å². The minimum absolute atomic E-state index is 0.0726. The van der Waals surface area contributed by atoms with E-state index in [0.29, 0.717) is 11.5 Å². The maximum absolute atomic E-state index is 12.7. The smallest absolute Gasteiger partial charge is 0.257 e. The minimum atomic E-state index is 0.0726. The number of nitrogens with zero attached hydrogens (tertiary/aromatic N) is 6. The first-order valence-electron chi connectivity index (χ1n) is 8.92. The molecule has 24 heavy (non-hydrogen) atoms. The Morgan fingerprint density at radius 3 is 2.92 bits per heavy atom. The average molecular weight is 328 g/mol. The number of aromatic nitrogens is 5. The van der Waals surface area contributed by atoms with Gasteiger partial charge in [-0.1, -0.05) is 6.42 Å². The van der Waals surface area contributed by atoms with Crippen LogP contribution in [-0.4, -0.2) is 48.4 Å². The van der Waals surface area contributed by atoms with Gasteiger partial charge >= 0.3 is 0 Å². The number of fused-ring (bicyclic) bond motifs is 1. The third kappa shape index (κ3) is 2.83. The topological polar surface area (TPSA) is 68.8 Å². The second-order valence-electron chi connectivity index (χ2n) is 6.93. The lowest BCUT2D eigenvalue weighted by Gasteiger charge is -2.32. The van der Waals surface area contributed by atoms with Crippen molar-refractivity contribution in [2.24, 2.45) is 7.05 Å². The van der Waals surface area contributed by atoms with E-state index in [9.17, 15) is 4.79 Å². The zero-order valence-electron chi connectivity index (χ0n) is 14.2. The maximum atomic E-state index is 12.7. The molecule has 0 radical (unpaired) electrons. The lowest BCUT2D eigenvalue weighted by Crippen LogP contribution is -2.39. The SMILES string of the molecule is Cn1cc(C(=O)N2CCC[C@@H](c3nnc4n3CCCCC4)C2)cn1. The predicted octanol–water partition coefficient (Wildman–Crippen LogP) is 1.76. The summed E-state index contributed by atoms with van der Waals surface area (Å²) < 4.78 is 3.99. The summed E-state index contributed by atoms with van der Waals surface area (Å²) in [6.07, 6.45) is 10.2. The molecule has 128 valence electrons. The number of amides is 1. The third-order valence-corrected chi connectivity index (χ3v) is 5.16. The Morgan fingerprint density at radius 1 is 1.17 bits per heavy atom. The first kappa shape index (κ1) is 15.4. The van der Waals surface area contributed by atoms with E-state index in [1.807, 2.05) is 11.9 Å². The molecule has 2 aromatic rings. The van der Waals surface area contributed by atoms with Crippen molar-refractivity contribution in [1.29, 1.82) is 0 Å². The van der Waals surface area contributed by atoms with Gasteiger partial charge in [0.05, 0.1) is 11.8 Å². The molecular formula is C17H24N6O. The minimum Gasteiger partial charge on any atom is -0.338 e. The molecule has 7 heteroatoms. The summed E-state index contributed by atoms with van der Waals surface area (Å²) in [6, 6.07) is 0. The number of hydrogen-bond acceptors (Lipinski definition) is 4. The van der Waals surface area contributed by atoms with Crippen LogP contribution in [0.3, 0.4) is 0 Å². The molecule has 0 bridgehead atoms. The van der Waals surface area contributed by atoms with Crippen molar-refractivity contribution < 1.29 is 4.79 Å². The van der Waals surface area contributed by atoms with Gasteiger partial charge in [-0.05, 0) is 25.7 Å². The average Bonchev–Trinajstić information content (AvgIpc) is 3.14. The number of piperidine rings is 1. The van der Waals surface area contributed by atoms with E-state index in [-0.39, 0.29) is 5.91 Å². The summed E-state index contributed by atoms with van der Waals surface area (Å²) in [5.74, 6) is 2.57. The quantitative estimate of drug-likeness (QED) is 0.842. The molecule has 0 N–H and O–H groups in total. The zero-order valence-corrected chi connectivity index (χ0v) is 14.2. The van der Waals surface area contributed by atoms with Crippen LogP contribution in [0, 0.1) is 0 Å². The molecule has 1 saturated heterocycles. The Bertz CT molecular complexity index is 733. The van der Waals surface area contributed by atoms with Crippen LogP contribution in [0.5, 0.6) is 0 Å². The molecule has 1 atom stereocenters. The van der Waals surface area contributed by atoms with Crippen LogP contribution in [-0.2, 0) is 20.0 Å². The molecule has 0 unspecified atom stereocenters. The molecule has 1 fully saturated rings. The van der Waals surface area contributed by atoms with Gasteiger partial charge in [0.2, 0.25) is 0 Å². The third-order valence-electron chi connectivity index (χ3n) is 5.16. The fourth-order valence-electron chi connectivity index (χ4n) is 3.90. The van der Waals surface area contributed by atoms with E-state index in [1.165, 1.54) is 19.3 Å². The Hall–Kier alpha value is -2.18. The number of aryl methyl sites for hydroxylation is 2. The molecule has 2 aromatic heterocycles. The molecule has 2 aliphatic rings. The number of carbonyl (C=O) groups is 1. The van der Waals surface area contributed by atoms with Crippen molar-refractivity contribution in [3.63, 3.8) is 0 Å². The second-order valence-corrected chi connectivity index (χ2v) is 6.93. The zero-order chi connectivity index (χ0) is 16.5. The fraction of sp³-hybridized carbons (Fsp3) is 0.647. The number of hydrogen-bond donors (Lipinski definition) is 0. The molecule has 0 aromatic carbocycles. The van der Waals surface area contributed by atoms with Crippen LogP contribution < -0.4 is 0 Å². The molecule has 0 saturated carbocycles. The van der Waals surface area contributed by atoms with E-state index >= 15 is 0 Å². The Labute approximate surface area is 141 Å². The van der Waals surface area contributed by atoms with Gasteiger partial charge in [-0.3, -0.25) is 9.48 Å². The van der Waals surface area contributed by atoms with Crippen molar-refractivity contribution >= 4 is 5.91 Å². The highest BCUT2D eigenvalue weighted by atomic mass is 16.2. The number of likely N-dealkylation sites (tertiary alicyclic amines) is 1. The van der Waals surface area contributed by atoms with Crippen LogP contribution in [0.25, 0.3) is 0 Å². The van der Waals surface area contributed by atoms with Gasteiger partial charge in [-0.25, -0.2) is 0 Å². The second kappa shape index (κ2) is 6.37. The summed E-state index contributed by atoms with van der Waals surface area (Å²) in [6.45, 7) is 2.56. The Morgan fingerprint density at radius 2 is 2.08 bits per heavy atom. The van der Waals surface area contributed by atoms with Crippen LogP contribution >= 0.6 is 0 Å². The highest BCUT2D eigenvalue weighted by Gasteiger charge is 2.30. The normalized spacial score (nSPS) is 21.4. The molecule has 0 spiro atoms. The maximum Gasteiger partial charge on any atom is 0.257 e. The monoisotopic (exact) mass is 328 g/mol. The van der Waals surface area contributed by atoms with E-state index in [1.54, 1.807) is 17.1 Å². The molecular weight excluding hydrogens is 304 g/mol. The van der Waals surface area contributed by atoms with Crippen LogP contribution in [0.2, 0.25) is 0 Å². The molecule has 2 aliphatic heterocycles. The van der Waals surface area contributed by atoms with Gasteiger partial charge in [0.1, 0.15) is 11.6 Å². The van der Waals surface area contributed by atoms with Gasteiger partial charge < -0.3 is 9.47 Å². The largest absolute Gasteiger partial charge is 0.338 e. The van der Waals surface area contributed by atoms with Crippen molar-refractivity contribution in [3.8, 4) is 0 Å². The van der Waals surface area contributed by atoms with Gasteiger partial charge in [0.15, 0.2) is 0 Å². The summed E-state index contributed by atoms with van der Waals surface area (Å²) in [5, 5.41) is 13.0. The van der Waals surface area contributed by atoms with Crippen molar-refractivity contribution in [2.75, 3.05) is 13.1 Å². The highest BCUT2D eigenvalue weighted by Crippen LogP contribution is 2.28. The lowest BCUT2D eigenvalue weighted by molar-refractivity contribution is 0.0703. The van der Waals surface area contributed by atoms with Gasteiger partial charge in [-0.15, -0.1) is 10.2 Å².